The van der Waals surface area contributed by atoms with Crippen LogP contribution < -0.4 is 10.6 Å². The molecule has 86 valence electrons. The minimum absolute atomic E-state index is 0.118. The van der Waals surface area contributed by atoms with Gasteiger partial charge in [-0.2, -0.15) is 5.10 Å². The minimum Gasteiger partial charge on any atom is -0.371 e. The standard InChI is InChI=1S/C12H11N3O2/c1-15-12(16)8-6-13-11-7(10(8)14-15)4-3-5-9(11)17-2/h3-6,9H,1-2H3. The van der Waals surface area contributed by atoms with Crippen molar-refractivity contribution in [2.24, 2.45) is 5.10 Å². The number of amides is 1. The summed E-state index contributed by atoms with van der Waals surface area (Å²) in [5.74, 6) is -0.118. The molecule has 0 radical (unpaired) electrons. The maximum Gasteiger partial charge on any atom is 0.277 e. The van der Waals surface area contributed by atoms with Crippen molar-refractivity contribution in [3.05, 3.63) is 40.2 Å². The molecule has 0 saturated heterocycles. The molecule has 2 heterocycles. The topological polar surface area (TPSA) is 54.8 Å². The summed E-state index contributed by atoms with van der Waals surface area (Å²) < 4.78 is 5.32. The molecule has 1 aromatic heterocycles. The summed E-state index contributed by atoms with van der Waals surface area (Å²) in [6.45, 7) is 0. The van der Waals surface area contributed by atoms with Crippen molar-refractivity contribution in [2.75, 3.05) is 14.2 Å². The summed E-state index contributed by atoms with van der Waals surface area (Å²) in [6, 6.07) is 0. The fourth-order valence-electron chi connectivity index (χ4n) is 2.09. The lowest BCUT2D eigenvalue weighted by Gasteiger charge is -2.13. The van der Waals surface area contributed by atoms with Crippen LogP contribution in [-0.2, 0) is 4.74 Å². The average Bonchev–Trinajstić information content (AvgIpc) is 2.65. The molecule has 1 atom stereocenters. The van der Waals surface area contributed by atoms with Gasteiger partial charge in [-0.15, -0.1) is 0 Å². The number of allylic oxidation sites excluding steroid dienone is 1. The van der Waals surface area contributed by atoms with E-state index in [1.165, 1.54) is 5.01 Å². The Balaban J connectivity index is 2.35. The molecule has 1 aromatic rings. The zero-order chi connectivity index (χ0) is 12.0. The van der Waals surface area contributed by atoms with Crippen LogP contribution in [0.3, 0.4) is 0 Å². The first-order chi connectivity index (χ1) is 8.22. The van der Waals surface area contributed by atoms with E-state index < -0.39 is 0 Å². The van der Waals surface area contributed by atoms with Crippen LogP contribution >= 0.6 is 0 Å². The van der Waals surface area contributed by atoms with E-state index >= 15 is 0 Å². The van der Waals surface area contributed by atoms with E-state index in [4.69, 9.17) is 4.74 Å². The van der Waals surface area contributed by atoms with Gasteiger partial charge in [0.15, 0.2) is 0 Å². The largest absolute Gasteiger partial charge is 0.371 e. The molecule has 0 bridgehead atoms. The van der Waals surface area contributed by atoms with Crippen molar-refractivity contribution < 1.29 is 9.53 Å². The summed E-state index contributed by atoms with van der Waals surface area (Å²) in [5, 5.41) is 7.13. The molecule has 0 aromatic carbocycles. The normalized spacial score (nSPS) is 20.7. The molecule has 5 nitrogen and oxygen atoms in total. The second kappa shape index (κ2) is 3.49. The summed E-state index contributed by atoms with van der Waals surface area (Å²) >= 11 is 0. The number of hydrogen-bond acceptors (Lipinski definition) is 4. The van der Waals surface area contributed by atoms with E-state index in [1.54, 1.807) is 20.4 Å². The number of nitrogens with zero attached hydrogens (tertiary/aromatic N) is 3. The molecule has 1 aliphatic carbocycles. The van der Waals surface area contributed by atoms with E-state index in [2.05, 4.69) is 10.1 Å². The summed E-state index contributed by atoms with van der Waals surface area (Å²) in [5.41, 5.74) is 1.35. The van der Waals surface area contributed by atoms with Crippen molar-refractivity contribution >= 4 is 12.0 Å². The molecular formula is C12H11N3O2. The van der Waals surface area contributed by atoms with Crippen LogP contribution in [0.5, 0.6) is 0 Å². The monoisotopic (exact) mass is 229 g/mol. The smallest absolute Gasteiger partial charge is 0.277 e. The average molecular weight is 229 g/mol. The predicted molar refractivity (Wildman–Crippen MR) is 60.5 cm³/mol. The molecule has 0 N–H and O–H groups in total. The molecule has 17 heavy (non-hydrogen) atoms. The van der Waals surface area contributed by atoms with Gasteiger partial charge >= 0.3 is 0 Å². The van der Waals surface area contributed by atoms with E-state index in [-0.39, 0.29) is 12.0 Å². The lowest BCUT2D eigenvalue weighted by molar-refractivity contribution is 0.0816. The van der Waals surface area contributed by atoms with Crippen LogP contribution in [0, 0.1) is 0 Å². The third-order valence-electron chi connectivity index (χ3n) is 2.97. The Kier molecular flexibility index (Phi) is 2.09. The SMILES string of the molecule is COC1C=CC=c2c1ncc1c2=NN(C)C1=O. The number of methoxy groups -OCH3 is 1. The van der Waals surface area contributed by atoms with E-state index in [0.717, 1.165) is 10.9 Å². The van der Waals surface area contributed by atoms with Crippen molar-refractivity contribution in [2.45, 2.75) is 6.10 Å². The molecule has 2 aliphatic rings. The number of aromatic nitrogens is 1. The number of pyridine rings is 1. The number of fused-ring (bicyclic) bond motifs is 3. The van der Waals surface area contributed by atoms with Crippen LogP contribution in [0.25, 0.3) is 6.08 Å². The molecule has 1 amide bonds. The van der Waals surface area contributed by atoms with Gasteiger partial charge in [0.25, 0.3) is 5.91 Å². The van der Waals surface area contributed by atoms with Crippen LogP contribution in [0.15, 0.2) is 23.5 Å². The molecule has 0 spiro atoms. The van der Waals surface area contributed by atoms with E-state index in [0.29, 0.717) is 10.9 Å². The quantitative estimate of drug-likeness (QED) is 0.666. The number of carbonyl (C=O) groups excluding carboxylic acids is 1. The third kappa shape index (κ3) is 1.32. The Morgan fingerprint density at radius 3 is 3.06 bits per heavy atom. The maximum atomic E-state index is 11.8. The Morgan fingerprint density at radius 2 is 2.29 bits per heavy atom. The van der Waals surface area contributed by atoms with Gasteiger partial charge in [-0.3, -0.25) is 9.78 Å². The van der Waals surface area contributed by atoms with Crippen molar-refractivity contribution in [1.82, 2.24) is 9.99 Å². The van der Waals surface area contributed by atoms with Gasteiger partial charge in [-0.05, 0) is 6.08 Å². The summed E-state index contributed by atoms with van der Waals surface area (Å²) in [4.78, 5) is 16.1. The van der Waals surface area contributed by atoms with Gasteiger partial charge in [-0.25, -0.2) is 5.01 Å². The van der Waals surface area contributed by atoms with Gasteiger partial charge in [0.05, 0.1) is 11.3 Å². The van der Waals surface area contributed by atoms with E-state index in [9.17, 15) is 4.79 Å². The lowest BCUT2D eigenvalue weighted by atomic mass is 10.1. The fourth-order valence-corrected chi connectivity index (χ4v) is 2.09. The number of rotatable bonds is 1. The van der Waals surface area contributed by atoms with Crippen molar-refractivity contribution in [3.63, 3.8) is 0 Å². The lowest BCUT2D eigenvalue weighted by Crippen LogP contribution is -2.34. The Morgan fingerprint density at radius 1 is 1.47 bits per heavy atom. The van der Waals surface area contributed by atoms with Crippen molar-refractivity contribution in [3.8, 4) is 0 Å². The molecule has 0 saturated carbocycles. The minimum atomic E-state index is -0.170. The number of hydrogen-bond donors (Lipinski definition) is 0. The molecule has 1 unspecified atom stereocenters. The summed E-state index contributed by atoms with van der Waals surface area (Å²) in [6.07, 6.45) is 7.13. The Hall–Kier alpha value is -2.01. The van der Waals surface area contributed by atoms with Gasteiger partial charge in [-0.1, -0.05) is 12.2 Å². The maximum absolute atomic E-state index is 11.8. The number of ether oxygens (including phenoxy) is 1. The van der Waals surface area contributed by atoms with Gasteiger partial charge in [0, 0.05) is 25.6 Å². The van der Waals surface area contributed by atoms with Crippen LogP contribution in [0.2, 0.25) is 0 Å². The molecule has 5 heteroatoms. The molecular weight excluding hydrogens is 218 g/mol. The highest BCUT2D eigenvalue weighted by atomic mass is 16.5. The first kappa shape index (κ1) is 10.2. The zero-order valence-electron chi connectivity index (χ0n) is 9.54. The zero-order valence-corrected chi connectivity index (χ0v) is 9.54. The van der Waals surface area contributed by atoms with Crippen LogP contribution in [0.1, 0.15) is 22.2 Å². The molecule has 1 aliphatic heterocycles. The third-order valence-corrected chi connectivity index (χ3v) is 2.97. The van der Waals surface area contributed by atoms with Gasteiger partial charge in [0.1, 0.15) is 11.5 Å². The second-order valence-corrected chi connectivity index (χ2v) is 3.96. The first-order valence-corrected chi connectivity index (χ1v) is 5.29. The first-order valence-electron chi connectivity index (χ1n) is 5.29. The highest BCUT2D eigenvalue weighted by molar-refractivity contribution is 5.94. The Labute approximate surface area is 97.7 Å². The number of carbonyl (C=O) groups is 1. The van der Waals surface area contributed by atoms with Crippen molar-refractivity contribution in [1.29, 1.82) is 0 Å². The highest BCUT2D eigenvalue weighted by Gasteiger charge is 2.24. The molecule has 3 rings (SSSR count). The van der Waals surface area contributed by atoms with Gasteiger partial charge in [0.2, 0.25) is 0 Å². The Bertz CT molecular complexity index is 648. The van der Waals surface area contributed by atoms with Gasteiger partial charge < -0.3 is 4.74 Å². The predicted octanol–water partition coefficient (Wildman–Crippen LogP) is -0.260. The second-order valence-electron chi connectivity index (χ2n) is 3.96. The highest BCUT2D eigenvalue weighted by Crippen LogP contribution is 2.15. The fraction of sp³-hybridized carbons (Fsp3) is 0.250. The van der Waals surface area contributed by atoms with Crippen LogP contribution in [0.4, 0.5) is 0 Å². The van der Waals surface area contributed by atoms with Crippen LogP contribution in [-0.4, -0.2) is 30.1 Å². The van der Waals surface area contributed by atoms with E-state index in [1.807, 2.05) is 18.2 Å². The summed E-state index contributed by atoms with van der Waals surface area (Å²) in [7, 11) is 3.27. The molecule has 0 fully saturated rings.